The van der Waals surface area contributed by atoms with E-state index in [9.17, 15) is 44.7 Å². The maximum atomic E-state index is 14.0. The fraction of sp³-hybridized carbons (Fsp3) is 0.225. The Morgan fingerprint density at radius 1 is 0.789 bits per heavy atom. The first-order chi connectivity index (χ1) is 27.0. The maximum Gasteiger partial charge on any atom is 0.573 e. The highest BCUT2D eigenvalue weighted by atomic mass is 32.2. The van der Waals surface area contributed by atoms with Crippen LogP contribution in [0, 0.1) is 0 Å². The second-order valence-corrected chi connectivity index (χ2v) is 15.9. The van der Waals surface area contributed by atoms with E-state index >= 15 is 0 Å². The summed E-state index contributed by atoms with van der Waals surface area (Å²) in [5, 5.41) is 12.6. The van der Waals surface area contributed by atoms with Crippen molar-refractivity contribution in [2.45, 2.75) is 28.9 Å². The first-order valence-electron chi connectivity index (χ1n) is 17.5. The van der Waals surface area contributed by atoms with Crippen LogP contribution in [-0.4, -0.2) is 69.2 Å². The van der Waals surface area contributed by atoms with Crippen molar-refractivity contribution in [3.8, 4) is 22.6 Å². The van der Waals surface area contributed by atoms with Crippen LogP contribution in [-0.2, 0) is 22.7 Å². The first-order valence-corrected chi connectivity index (χ1v) is 20.0. The van der Waals surface area contributed by atoms with Gasteiger partial charge >= 0.3 is 12.5 Å². The van der Waals surface area contributed by atoms with Gasteiger partial charge in [0.15, 0.2) is 0 Å². The number of rotatable bonds is 13. The molecule has 5 aromatic carbocycles. The van der Waals surface area contributed by atoms with Gasteiger partial charge in [0.05, 0.1) is 10.5 Å². The molecule has 1 fully saturated rings. The van der Waals surface area contributed by atoms with Crippen molar-refractivity contribution >= 4 is 39.1 Å². The number of hydrogen-bond acceptors (Lipinski definition) is 9. The molecule has 0 atom stereocenters. The molecule has 17 heteroatoms. The third kappa shape index (κ3) is 11.4. The number of piperazine rings is 1. The van der Waals surface area contributed by atoms with Crippen molar-refractivity contribution in [2.24, 2.45) is 0 Å². The number of benzene rings is 5. The molecule has 1 aliphatic heterocycles. The number of carbonyl (C=O) groups is 1. The molecular weight excluding hydrogens is 795 g/mol. The van der Waals surface area contributed by atoms with Gasteiger partial charge in [-0.1, -0.05) is 30.3 Å². The molecule has 0 spiro atoms. The summed E-state index contributed by atoms with van der Waals surface area (Å²) in [6.07, 6.45) is -9.77. The number of nitrogens with zero attached hydrogens (tertiary/aromatic N) is 2. The molecule has 1 amide bonds. The maximum absolute atomic E-state index is 14.0. The van der Waals surface area contributed by atoms with Crippen molar-refractivity contribution in [3.05, 3.63) is 132 Å². The van der Waals surface area contributed by atoms with Gasteiger partial charge in [-0.05, 0) is 102 Å². The van der Waals surface area contributed by atoms with Crippen LogP contribution in [0.5, 0.6) is 11.5 Å². The minimum absolute atomic E-state index is 0.0327. The number of phenols is 1. The number of nitrogens with one attached hydrogen (secondary N) is 2. The molecule has 1 aliphatic rings. The van der Waals surface area contributed by atoms with E-state index in [0.29, 0.717) is 61.2 Å². The number of aromatic hydroxyl groups is 1. The molecule has 6 rings (SSSR count). The van der Waals surface area contributed by atoms with Crippen LogP contribution >= 0.6 is 11.8 Å². The molecule has 57 heavy (non-hydrogen) atoms. The summed E-state index contributed by atoms with van der Waals surface area (Å²) in [4.78, 5) is 17.3. The number of ether oxygens (including phenoxy) is 1. The third-order valence-electron chi connectivity index (χ3n) is 8.92. The highest BCUT2D eigenvalue weighted by Gasteiger charge is 2.35. The SMILES string of the molecule is O=C(NS(=O)(=O)c1ccc(NCCSc2ccccc2)c(C(F)(F)F)c1)c1ccc(N2CCN(Cc3cc(OC(F)(F)F)cc(-c4cccc(O)c4)c3)CC2)cc1. The summed E-state index contributed by atoms with van der Waals surface area (Å²) >= 11 is 1.45. The number of carbonyl (C=O) groups excluding carboxylic acids is 1. The monoisotopic (exact) mass is 830 g/mol. The van der Waals surface area contributed by atoms with Crippen LogP contribution in [0.3, 0.4) is 0 Å². The summed E-state index contributed by atoms with van der Waals surface area (Å²) in [6.45, 7) is 2.62. The lowest BCUT2D eigenvalue weighted by atomic mass is 10.0. The van der Waals surface area contributed by atoms with E-state index in [1.165, 1.54) is 48.2 Å². The standard InChI is InChI=1S/C40H36F6N4O5S2/c41-39(42,43)36-25-35(13-14-37(36)47-15-20-56-34-7-2-1-3-8-34)57(53,54)48-38(52)28-9-11-31(12-10-28)50-18-16-49(17-19-50)26-27-21-30(29-5-4-6-32(51)23-29)24-33(22-27)55-40(44,45)46/h1-14,21-25,47,51H,15-20,26H2,(H,48,52). The van der Waals surface area contributed by atoms with Gasteiger partial charge in [0.25, 0.3) is 15.9 Å². The van der Waals surface area contributed by atoms with Crippen LogP contribution in [0.25, 0.3) is 11.1 Å². The number of thioether (sulfide) groups is 1. The molecule has 0 radical (unpaired) electrons. The van der Waals surface area contributed by atoms with Gasteiger partial charge < -0.3 is 20.1 Å². The van der Waals surface area contributed by atoms with Gasteiger partial charge in [-0.2, -0.15) is 13.2 Å². The molecule has 0 aliphatic carbocycles. The molecule has 0 bridgehead atoms. The molecule has 9 nitrogen and oxygen atoms in total. The van der Waals surface area contributed by atoms with Crippen LogP contribution in [0.2, 0.25) is 0 Å². The van der Waals surface area contributed by atoms with E-state index in [0.717, 1.165) is 22.7 Å². The molecule has 1 saturated heterocycles. The highest BCUT2D eigenvalue weighted by Crippen LogP contribution is 2.37. The third-order valence-corrected chi connectivity index (χ3v) is 11.3. The zero-order chi connectivity index (χ0) is 40.8. The van der Waals surface area contributed by atoms with Gasteiger partial charge in [0.1, 0.15) is 11.5 Å². The lowest BCUT2D eigenvalue weighted by Crippen LogP contribution is -2.46. The van der Waals surface area contributed by atoms with Crippen LogP contribution in [0.15, 0.2) is 125 Å². The summed E-state index contributed by atoms with van der Waals surface area (Å²) in [5.74, 6) is -0.982. The number of sulfonamides is 1. The largest absolute Gasteiger partial charge is 0.573 e. The summed E-state index contributed by atoms with van der Waals surface area (Å²) in [7, 11) is -4.69. The zero-order valence-electron chi connectivity index (χ0n) is 30.0. The minimum Gasteiger partial charge on any atom is -0.508 e. The Morgan fingerprint density at radius 2 is 1.51 bits per heavy atom. The molecule has 1 heterocycles. The average Bonchev–Trinajstić information content (AvgIpc) is 3.16. The van der Waals surface area contributed by atoms with Gasteiger partial charge in [-0.25, -0.2) is 13.1 Å². The van der Waals surface area contributed by atoms with Crippen molar-refractivity contribution in [3.63, 3.8) is 0 Å². The highest BCUT2D eigenvalue weighted by molar-refractivity contribution is 7.99. The van der Waals surface area contributed by atoms with Crippen LogP contribution < -0.4 is 19.7 Å². The molecule has 300 valence electrons. The number of amides is 1. The van der Waals surface area contributed by atoms with Crippen LogP contribution in [0.1, 0.15) is 21.5 Å². The van der Waals surface area contributed by atoms with Crippen molar-refractivity contribution in [1.29, 1.82) is 0 Å². The van der Waals surface area contributed by atoms with Crippen molar-refractivity contribution in [2.75, 3.05) is 48.7 Å². The molecule has 0 saturated carbocycles. The van der Waals surface area contributed by atoms with Gasteiger partial charge in [-0.3, -0.25) is 9.69 Å². The fourth-order valence-corrected chi connectivity index (χ4v) is 8.02. The Kier molecular flexibility index (Phi) is 12.6. The van der Waals surface area contributed by atoms with E-state index in [1.54, 1.807) is 30.3 Å². The van der Waals surface area contributed by atoms with Gasteiger partial charge in [0, 0.05) is 66.9 Å². The fourth-order valence-electron chi connectivity index (χ4n) is 6.23. The Labute approximate surface area is 329 Å². The zero-order valence-corrected chi connectivity index (χ0v) is 31.6. The summed E-state index contributed by atoms with van der Waals surface area (Å²) in [5.41, 5.74) is 0.751. The summed E-state index contributed by atoms with van der Waals surface area (Å²) < 4.78 is 114. The van der Waals surface area contributed by atoms with Gasteiger partial charge in [0.2, 0.25) is 0 Å². The van der Waals surface area contributed by atoms with E-state index in [1.807, 2.05) is 40.0 Å². The first kappa shape index (κ1) is 41.2. The quantitative estimate of drug-likeness (QED) is 0.0611. The Morgan fingerprint density at radius 3 is 2.18 bits per heavy atom. The predicted octanol–water partition coefficient (Wildman–Crippen LogP) is 8.62. The number of hydrogen-bond donors (Lipinski definition) is 3. The second-order valence-electron chi connectivity index (χ2n) is 13.0. The number of anilines is 2. The average molecular weight is 831 g/mol. The van der Waals surface area contributed by atoms with E-state index in [4.69, 9.17) is 0 Å². The van der Waals surface area contributed by atoms with Crippen molar-refractivity contribution in [1.82, 2.24) is 9.62 Å². The van der Waals surface area contributed by atoms with Crippen LogP contribution in [0.4, 0.5) is 37.7 Å². The predicted molar refractivity (Wildman–Crippen MR) is 206 cm³/mol. The topological polar surface area (TPSA) is 111 Å². The molecular formula is C40H36F6N4O5S2. The number of halogens is 6. The Balaban J connectivity index is 1.05. The van der Waals surface area contributed by atoms with E-state index < -0.39 is 38.9 Å². The lowest BCUT2D eigenvalue weighted by Gasteiger charge is -2.36. The number of phenolic OH excluding ortho intramolecular Hbond substituents is 1. The van der Waals surface area contributed by atoms with E-state index in [2.05, 4.69) is 15.0 Å². The molecule has 0 aromatic heterocycles. The second kappa shape index (κ2) is 17.4. The number of alkyl halides is 6. The smallest absolute Gasteiger partial charge is 0.508 e. The Hall–Kier alpha value is -5.39. The lowest BCUT2D eigenvalue weighted by molar-refractivity contribution is -0.274. The Bertz CT molecular complexity index is 2290. The van der Waals surface area contributed by atoms with E-state index in [-0.39, 0.29) is 29.3 Å². The minimum atomic E-state index is -4.89. The van der Waals surface area contributed by atoms with Gasteiger partial charge in [-0.15, -0.1) is 24.9 Å². The van der Waals surface area contributed by atoms with Crippen molar-refractivity contribution < 1.29 is 49.4 Å². The normalized spacial score (nSPS) is 14.0. The molecule has 0 unspecified atom stereocenters. The summed E-state index contributed by atoms with van der Waals surface area (Å²) in [6, 6.07) is 28.4. The molecule has 5 aromatic rings. The molecule has 3 N–H and O–H groups in total.